The summed E-state index contributed by atoms with van der Waals surface area (Å²) in [6.45, 7) is 0.934. The number of morpholine rings is 1. The van der Waals surface area contributed by atoms with Crippen LogP contribution >= 0.6 is 0 Å². The molecule has 8 nitrogen and oxygen atoms in total. The molecule has 0 bridgehead atoms. The van der Waals surface area contributed by atoms with Gasteiger partial charge in [-0.25, -0.2) is 4.68 Å². The Morgan fingerprint density at radius 1 is 1.32 bits per heavy atom. The van der Waals surface area contributed by atoms with Crippen LogP contribution < -0.4 is 5.56 Å². The number of carbonyl (C=O) groups is 2. The first-order valence-corrected chi connectivity index (χ1v) is 8.01. The summed E-state index contributed by atoms with van der Waals surface area (Å²) in [5.41, 5.74) is 0.283. The lowest BCUT2D eigenvalue weighted by Crippen LogP contribution is -2.50. The first-order valence-electron chi connectivity index (χ1n) is 8.01. The fourth-order valence-corrected chi connectivity index (χ4v) is 3.11. The largest absolute Gasteiger partial charge is 0.481 e. The van der Waals surface area contributed by atoms with Crippen LogP contribution in [-0.4, -0.2) is 57.5 Å². The molecule has 0 radical (unpaired) electrons. The number of hydrogen-bond donors (Lipinski definition) is 1. The van der Waals surface area contributed by atoms with Crippen LogP contribution in [0.3, 0.4) is 0 Å². The molecule has 1 aromatic carbocycles. The number of aromatic nitrogens is 2. The van der Waals surface area contributed by atoms with E-state index in [4.69, 9.17) is 9.84 Å². The monoisotopic (exact) mass is 345 g/mol. The first-order chi connectivity index (χ1) is 12.0. The molecule has 1 N–H and O–H groups in total. The first kappa shape index (κ1) is 17.1. The number of aliphatic carboxylic acids is 1. The van der Waals surface area contributed by atoms with E-state index in [1.807, 2.05) is 0 Å². The van der Waals surface area contributed by atoms with Crippen molar-refractivity contribution in [2.24, 2.45) is 7.05 Å². The van der Waals surface area contributed by atoms with E-state index in [1.54, 1.807) is 36.2 Å². The van der Waals surface area contributed by atoms with Gasteiger partial charge in [0.15, 0.2) is 0 Å². The highest BCUT2D eigenvalue weighted by atomic mass is 16.5. The van der Waals surface area contributed by atoms with Crippen molar-refractivity contribution in [3.63, 3.8) is 0 Å². The van der Waals surface area contributed by atoms with Gasteiger partial charge in [-0.3, -0.25) is 14.4 Å². The molecule has 132 valence electrons. The smallest absolute Gasteiger partial charge is 0.305 e. The lowest BCUT2D eigenvalue weighted by atomic mass is 10.1. The zero-order valence-electron chi connectivity index (χ0n) is 13.8. The van der Waals surface area contributed by atoms with Crippen LogP contribution in [0, 0.1) is 0 Å². The van der Waals surface area contributed by atoms with Crippen molar-refractivity contribution in [3.8, 4) is 0 Å². The van der Waals surface area contributed by atoms with Crippen molar-refractivity contribution in [1.29, 1.82) is 0 Å². The zero-order valence-corrected chi connectivity index (χ0v) is 13.8. The standard InChI is InChI=1S/C17H19N3O5/c1-19-17(24)13-5-3-2-4-12(13)14(18-19)9-15(21)20-6-7-25-10-11(20)8-16(22)23/h2-5,11H,6-10H2,1H3,(H,22,23). The van der Waals surface area contributed by atoms with Gasteiger partial charge in [0.25, 0.3) is 5.56 Å². The predicted octanol–water partition coefficient (Wildman–Crippen LogP) is 0.178. The zero-order chi connectivity index (χ0) is 18.0. The molecule has 8 heteroatoms. The lowest BCUT2D eigenvalue weighted by Gasteiger charge is -2.34. The summed E-state index contributed by atoms with van der Waals surface area (Å²) in [6.07, 6.45) is -0.155. The molecular weight excluding hydrogens is 326 g/mol. The minimum Gasteiger partial charge on any atom is -0.481 e. The molecule has 2 aromatic rings. The Kier molecular flexibility index (Phi) is 4.80. The van der Waals surface area contributed by atoms with Gasteiger partial charge in [0.05, 0.1) is 43.2 Å². The number of hydrogen-bond acceptors (Lipinski definition) is 5. The van der Waals surface area contributed by atoms with Gasteiger partial charge in [-0.15, -0.1) is 0 Å². The Morgan fingerprint density at radius 3 is 2.76 bits per heavy atom. The third kappa shape index (κ3) is 3.53. The Hall–Kier alpha value is -2.74. The van der Waals surface area contributed by atoms with Crippen molar-refractivity contribution in [2.75, 3.05) is 19.8 Å². The maximum atomic E-state index is 12.7. The van der Waals surface area contributed by atoms with Gasteiger partial charge in [0.1, 0.15) is 0 Å². The molecule has 1 saturated heterocycles. The van der Waals surface area contributed by atoms with Crippen molar-refractivity contribution < 1.29 is 19.4 Å². The molecule has 1 aromatic heterocycles. The summed E-state index contributed by atoms with van der Waals surface area (Å²) in [6, 6.07) is 6.53. The fraction of sp³-hybridized carbons (Fsp3) is 0.412. The molecule has 1 unspecified atom stereocenters. The molecule has 3 rings (SSSR count). The van der Waals surface area contributed by atoms with Gasteiger partial charge >= 0.3 is 5.97 Å². The Balaban J connectivity index is 1.90. The van der Waals surface area contributed by atoms with E-state index in [9.17, 15) is 14.4 Å². The Morgan fingerprint density at radius 2 is 2.04 bits per heavy atom. The number of benzene rings is 1. The maximum Gasteiger partial charge on any atom is 0.305 e. The van der Waals surface area contributed by atoms with Gasteiger partial charge < -0.3 is 14.7 Å². The number of fused-ring (bicyclic) bond motifs is 1. The minimum absolute atomic E-state index is 0.00471. The van der Waals surface area contributed by atoms with Gasteiger partial charge in [-0.1, -0.05) is 18.2 Å². The number of rotatable bonds is 4. The highest BCUT2D eigenvalue weighted by Gasteiger charge is 2.29. The van der Waals surface area contributed by atoms with E-state index >= 15 is 0 Å². The van der Waals surface area contributed by atoms with Gasteiger partial charge in [0, 0.05) is 19.0 Å². The maximum absolute atomic E-state index is 12.7. The van der Waals surface area contributed by atoms with E-state index in [1.165, 1.54) is 4.68 Å². The van der Waals surface area contributed by atoms with E-state index in [0.717, 1.165) is 0 Å². The SMILES string of the molecule is Cn1nc(CC(=O)N2CCOCC2CC(=O)O)c2ccccc2c1=O. The van der Waals surface area contributed by atoms with Crippen LogP contribution in [0.2, 0.25) is 0 Å². The molecule has 1 fully saturated rings. The van der Waals surface area contributed by atoms with Crippen LogP contribution in [0.4, 0.5) is 0 Å². The van der Waals surface area contributed by atoms with Crippen molar-refractivity contribution in [1.82, 2.24) is 14.7 Å². The normalized spacial score (nSPS) is 17.6. The number of carboxylic acid groups (broad SMARTS) is 1. The summed E-state index contributed by atoms with van der Waals surface area (Å²) in [5.74, 6) is -1.19. The summed E-state index contributed by atoms with van der Waals surface area (Å²) < 4.78 is 6.52. The van der Waals surface area contributed by atoms with E-state index in [0.29, 0.717) is 29.6 Å². The summed E-state index contributed by atoms with van der Waals surface area (Å²) in [5, 5.41) is 14.4. The van der Waals surface area contributed by atoms with Crippen molar-refractivity contribution in [2.45, 2.75) is 18.9 Å². The molecule has 0 saturated carbocycles. The van der Waals surface area contributed by atoms with Crippen LogP contribution in [-0.2, 0) is 27.8 Å². The highest BCUT2D eigenvalue weighted by molar-refractivity contribution is 5.88. The van der Waals surface area contributed by atoms with E-state index < -0.39 is 12.0 Å². The number of aryl methyl sites for hydroxylation is 1. The van der Waals surface area contributed by atoms with Crippen molar-refractivity contribution >= 4 is 22.6 Å². The van der Waals surface area contributed by atoms with Gasteiger partial charge in [-0.2, -0.15) is 5.10 Å². The molecule has 0 aliphatic carbocycles. The molecule has 0 spiro atoms. The van der Waals surface area contributed by atoms with Crippen LogP contribution in [0.15, 0.2) is 29.1 Å². The highest BCUT2D eigenvalue weighted by Crippen LogP contribution is 2.17. The second-order valence-electron chi connectivity index (χ2n) is 6.01. The summed E-state index contributed by atoms with van der Waals surface area (Å²) in [4.78, 5) is 37.5. The Labute approximate surface area is 143 Å². The van der Waals surface area contributed by atoms with Crippen LogP contribution in [0.1, 0.15) is 12.1 Å². The lowest BCUT2D eigenvalue weighted by molar-refractivity contribution is -0.145. The topological polar surface area (TPSA) is 102 Å². The molecular formula is C17H19N3O5. The summed E-state index contributed by atoms with van der Waals surface area (Å²) in [7, 11) is 1.55. The Bertz CT molecular complexity index is 876. The molecule has 1 atom stereocenters. The van der Waals surface area contributed by atoms with E-state index in [-0.39, 0.29) is 30.9 Å². The predicted molar refractivity (Wildman–Crippen MR) is 89.3 cm³/mol. The average Bonchev–Trinajstić information content (AvgIpc) is 2.59. The number of ether oxygens (including phenoxy) is 1. The molecule has 2 heterocycles. The fourth-order valence-electron chi connectivity index (χ4n) is 3.11. The number of nitrogens with zero attached hydrogens (tertiary/aromatic N) is 3. The van der Waals surface area contributed by atoms with Crippen molar-refractivity contribution in [3.05, 3.63) is 40.3 Å². The van der Waals surface area contributed by atoms with Gasteiger partial charge in [-0.05, 0) is 6.07 Å². The quantitative estimate of drug-likeness (QED) is 0.848. The van der Waals surface area contributed by atoms with Gasteiger partial charge in [0.2, 0.25) is 5.91 Å². The molecule has 1 amide bonds. The number of carboxylic acids is 1. The second-order valence-corrected chi connectivity index (χ2v) is 6.01. The number of amides is 1. The number of carbonyl (C=O) groups excluding carboxylic acids is 1. The average molecular weight is 345 g/mol. The molecule has 1 aliphatic heterocycles. The molecule has 25 heavy (non-hydrogen) atoms. The van der Waals surface area contributed by atoms with E-state index in [2.05, 4.69) is 5.10 Å². The van der Waals surface area contributed by atoms with Crippen LogP contribution in [0.25, 0.3) is 10.8 Å². The van der Waals surface area contributed by atoms with Crippen LogP contribution in [0.5, 0.6) is 0 Å². The minimum atomic E-state index is -0.973. The third-order valence-electron chi connectivity index (χ3n) is 4.31. The third-order valence-corrected chi connectivity index (χ3v) is 4.31. The molecule has 1 aliphatic rings. The summed E-state index contributed by atoms with van der Waals surface area (Å²) >= 11 is 0. The second kappa shape index (κ2) is 7.02.